The Morgan fingerprint density at radius 2 is 1.93 bits per heavy atom. The van der Waals surface area contributed by atoms with Crippen molar-refractivity contribution in [3.63, 3.8) is 0 Å². The minimum atomic E-state index is -0.322. The molecule has 2 aromatic carbocycles. The first-order chi connectivity index (χ1) is 14.1. The molecule has 2 heterocycles. The molecule has 2 aromatic heterocycles. The number of carbonyl (C=O) groups excluding carboxylic acids is 1. The maximum atomic E-state index is 12.9. The molecule has 0 saturated heterocycles. The van der Waals surface area contributed by atoms with Crippen LogP contribution in [0.3, 0.4) is 0 Å². The minimum absolute atomic E-state index is 0.322. The molecule has 0 radical (unpaired) electrons. The van der Waals surface area contributed by atoms with E-state index in [1.165, 1.54) is 13.4 Å². The maximum absolute atomic E-state index is 12.9. The molecule has 4 aromatic rings. The number of carbonyl (C=O) groups is 1. The molecule has 9 heteroatoms. The molecular formula is C20H17ClN6O2. The summed E-state index contributed by atoms with van der Waals surface area (Å²) in [6.07, 6.45) is 5.25. The van der Waals surface area contributed by atoms with Gasteiger partial charge in [-0.15, -0.1) is 5.10 Å². The number of rotatable bonds is 5. The number of tetrazole rings is 1. The standard InChI is InChI=1S/C20H17ClN6O2/c1-13-9-14(5-6-17(13)27-12-22-24-25-27)23-20(28)15-10-16(21)18(11-19(15)29-2)26-7-3-4-8-26/h3-12H,1-2H3,(H,23,28). The number of anilines is 1. The Morgan fingerprint density at radius 3 is 2.59 bits per heavy atom. The molecule has 146 valence electrons. The Bertz CT molecular complexity index is 1160. The number of amides is 1. The zero-order valence-electron chi connectivity index (χ0n) is 15.7. The second-order valence-corrected chi connectivity index (χ2v) is 6.71. The average Bonchev–Trinajstić information content (AvgIpc) is 3.42. The lowest BCUT2D eigenvalue weighted by Gasteiger charge is -2.14. The van der Waals surface area contributed by atoms with E-state index in [1.807, 2.05) is 48.1 Å². The van der Waals surface area contributed by atoms with Crippen molar-refractivity contribution in [3.05, 3.63) is 77.3 Å². The van der Waals surface area contributed by atoms with Crippen molar-refractivity contribution >= 4 is 23.2 Å². The number of benzene rings is 2. The zero-order valence-corrected chi connectivity index (χ0v) is 16.5. The van der Waals surface area contributed by atoms with E-state index in [4.69, 9.17) is 16.3 Å². The van der Waals surface area contributed by atoms with Crippen molar-refractivity contribution in [2.75, 3.05) is 12.4 Å². The SMILES string of the molecule is COc1cc(-n2cccc2)c(Cl)cc1C(=O)Nc1ccc(-n2cnnn2)c(C)c1. The number of ether oxygens (including phenoxy) is 1. The molecule has 0 bridgehead atoms. The number of nitrogens with one attached hydrogen (secondary N) is 1. The normalized spacial score (nSPS) is 10.7. The lowest BCUT2D eigenvalue weighted by Crippen LogP contribution is -2.14. The van der Waals surface area contributed by atoms with E-state index in [-0.39, 0.29) is 5.91 Å². The fraction of sp³-hybridized carbons (Fsp3) is 0.100. The van der Waals surface area contributed by atoms with Crippen LogP contribution in [0.2, 0.25) is 5.02 Å². The molecule has 1 amide bonds. The van der Waals surface area contributed by atoms with E-state index < -0.39 is 0 Å². The van der Waals surface area contributed by atoms with Crippen LogP contribution in [-0.2, 0) is 0 Å². The van der Waals surface area contributed by atoms with E-state index >= 15 is 0 Å². The van der Waals surface area contributed by atoms with Gasteiger partial charge in [0.2, 0.25) is 0 Å². The summed E-state index contributed by atoms with van der Waals surface area (Å²) in [5.74, 6) is 0.106. The van der Waals surface area contributed by atoms with Crippen LogP contribution >= 0.6 is 11.6 Å². The molecule has 29 heavy (non-hydrogen) atoms. The second-order valence-electron chi connectivity index (χ2n) is 6.30. The first-order valence-electron chi connectivity index (χ1n) is 8.73. The molecule has 1 N–H and O–H groups in total. The van der Waals surface area contributed by atoms with Crippen LogP contribution in [-0.4, -0.2) is 37.8 Å². The summed E-state index contributed by atoms with van der Waals surface area (Å²) >= 11 is 6.42. The van der Waals surface area contributed by atoms with Gasteiger partial charge in [-0.1, -0.05) is 11.6 Å². The molecule has 4 rings (SSSR count). The molecule has 0 aliphatic rings. The average molecular weight is 409 g/mol. The number of aryl methyl sites for hydroxylation is 1. The van der Waals surface area contributed by atoms with E-state index in [2.05, 4.69) is 20.8 Å². The molecular weight excluding hydrogens is 392 g/mol. The van der Waals surface area contributed by atoms with Crippen molar-refractivity contribution in [1.29, 1.82) is 0 Å². The highest BCUT2D eigenvalue weighted by molar-refractivity contribution is 6.33. The molecule has 0 aliphatic carbocycles. The lowest BCUT2D eigenvalue weighted by atomic mass is 10.1. The van der Waals surface area contributed by atoms with Gasteiger partial charge in [0.1, 0.15) is 12.1 Å². The Hall–Kier alpha value is -3.65. The van der Waals surface area contributed by atoms with Gasteiger partial charge in [0.05, 0.1) is 29.1 Å². The summed E-state index contributed by atoms with van der Waals surface area (Å²) in [7, 11) is 1.52. The highest BCUT2D eigenvalue weighted by Gasteiger charge is 2.17. The van der Waals surface area contributed by atoms with Gasteiger partial charge in [0, 0.05) is 24.1 Å². The zero-order chi connectivity index (χ0) is 20.4. The predicted octanol–water partition coefficient (Wildman–Crippen LogP) is 3.68. The Labute approximate surface area is 171 Å². The number of hydrogen-bond acceptors (Lipinski definition) is 5. The third-order valence-electron chi connectivity index (χ3n) is 4.45. The van der Waals surface area contributed by atoms with Crippen LogP contribution in [0.5, 0.6) is 5.75 Å². The number of nitrogens with zero attached hydrogens (tertiary/aromatic N) is 5. The van der Waals surface area contributed by atoms with Crippen molar-refractivity contribution in [2.24, 2.45) is 0 Å². The summed E-state index contributed by atoms with van der Waals surface area (Å²) in [6, 6.07) is 12.6. The number of aromatic nitrogens is 5. The number of methoxy groups -OCH3 is 1. The van der Waals surface area contributed by atoms with Crippen molar-refractivity contribution < 1.29 is 9.53 Å². The van der Waals surface area contributed by atoms with Crippen LogP contribution < -0.4 is 10.1 Å². The fourth-order valence-corrected chi connectivity index (χ4v) is 3.30. The molecule has 0 unspecified atom stereocenters. The third kappa shape index (κ3) is 3.70. The summed E-state index contributed by atoms with van der Waals surface area (Å²) in [5.41, 5.74) is 3.44. The molecule has 0 spiro atoms. The van der Waals surface area contributed by atoms with Crippen molar-refractivity contribution in [2.45, 2.75) is 6.92 Å². The van der Waals surface area contributed by atoms with Gasteiger partial charge in [0.25, 0.3) is 5.91 Å². The van der Waals surface area contributed by atoms with Crippen LogP contribution in [0, 0.1) is 6.92 Å². The quantitative estimate of drug-likeness (QED) is 0.544. The minimum Gasteiger partial charge on any atom is -0.496 e. The van der Waals surface area contributed by atoms with Crippen LogP contribution in [0.4, 0.5) is 5.69 Å². The highest BCUT2D eigenvalue weighted by atomic mass is 35.5. The van der Waals surface area contributed by atoms with Crippen LogP contribution in [0.1, 0.15) is 15.9 Å². The largest absolute Gasteiger partial charge is 0.496 e. The summed E-state index contributed by atoms with van der Waals surface area (Å²) < 4.78 is 8.85. The molecule has 0 fully saturated rings. The van der Waals surface area contributed by atoms with Crippen LogP contribution in [0.15, 0.2) is 61.2 Å². The summed E-state index contributed by atoms with van der Waals surface area (Å²) in [5, 5.41) is 14.5. The fourth-order valence-electron chi connectivity index (χ4n) is 3.04. The van der Waals surface area contributed by atoms with Gasteiger partial charge in [-0.2, -0.15) is 0 Å². The highest BCUT2D eigenvalue weighted by Crippen LogP contribution is 2.30. The number of halogens is 1. The Kier molecular flexibility index (Phi) is 5.01. The number of hydrogen-bond donors (Lipinski definition) is 1. The monoisotopic (exact) mass is 408 g/mol. The van der Waals surface area contributed by atoms with Gasteiger partial charge in [-0.05, 0) is 59.3 Å². The predicted molar refractivity (Wildman–Crippen MR) is 109 cm³/mol. The third-order valence-corrected chi connectivity index (χ3v) is 4.75. The van der Waals surface area contributed by atoms with Gasteiger partial charge < -0.3 is 14.6 Å². The second kappa shape index (κ2) is 7.76. The van der Waals surface area contributed by atoms with Gasteiger partial charge >= 0.3 is 0 Å². The van der Waals surface area contributed by atoms with Gasteiger partial charge in [0.15, 0.2) is 0 Å². The summed E-state index contributed by atoms with van der Waals surface area (Å²) in [6.45, 7) is 1.91. The Morgan fingerprint density at radius 1 is 1.14 bits per heavy atom. The van der Waals surface area contributed by atoms with E-state index in [0.29, 0.717) is 22.0 Å². The van der Waals surface area contributed by atoms with Gasteiger partial charge in [-0.25, -0.2) is 4.68 Å². The molecule has 0 atom stereocenters. The maximum Gasteiger partial charge on any atom is 0.259 e. The molecule has 8 nitrogen and oxygen atoms in total. The van der Waals surface area contributed by atoms with E-state index in [0.717, 1.165) is 16.9 Å². The van der Waals surface area contributed by atoms with E-state index in [1.54, 1.807) is 22.9 Å². The Balaban J connectivity index is 1.62. The summed E-state index contributed by atoms with van der Waals surface area (Å²) in [4.78, 5) is 12.9. The van der Waals surface area contributed by atoms with Crippen molar-refractivity contribution in [1.82, 2.24) is 24.8 Å². The molecule has 0 saturated carbocycles. The van der Waals surface area contributed by atoms with Crippen LogP contribution in [0.25, 0.3) is 11.4 Å². The first kappa shape index (κ1) is 18.7. The first-order valence-corrected chi connectivity index (χ1v) is 9.11. The van der Waals surface area contributed by atoms with E-state index in [9.17, 15) is 4.79 Å². The topological polar surface area (TPSA) is 86.9 Å². The lowest BCUT2D eigenvalue weighted by molar-refractivity contribution is 0.102. The van der Waals surface area contributed by atoms with Gasteiger partial charge in [-0.3, -0.25) is 4.79 Å². The molecule has 0 aliphatic heterocycles. The smallest absolute Gasteiger partial charge is 0.259 e. The van der Waals surface area contributed by atoms with Crippen molar-refractivity contribution in [3.8, 4) is 17.1 Å².